The molecule has 184 valence electrons. The summed E-state index contributed by atoms with van der Waals surface area (Å²) in [5.74, 6) is 0.131. The van der Waals surface area contributed by atoms with Gasteiger partial charge in [0, 0.05) is 17.1 Å². The lowest BCUT2D eigenvalue weighted by molar-refractivity contribution is -0.141. The van der Waals surface area contributed by atoms with Gasteiger partial charge in [-0.05, 0) is 42.8 Å². The number of hydrogen-bond acceptors (Lipinski definition) is 4. The molecular formula is C26H34ClN3O4. The fraction of sp³-hybridized carbons (Fsp3) is 0.500. The van der Waals surface area contributed by atoms with Crippen LogP contribution in [0.25, 0.3) is 0 Å². The zero-order chi connectivity index (χ0) is 24.3. The molecule has 1 aliphatic heterocycles. The van der Waals surface area contributed by atoms with Crippen LogP contribution in [0.4, 0.5) is 5.69 Å². The van der Waals surface area contributed by atoms with Gasteiger partial charge >= 0.3 is 0 Å². The summed E-state index contributed by atoms with van der Waals surface area (Å²) in [6.45, 7) is 2.48. The monoisotopic (exact) mass is 487 g/mol. The molecular weight excluding hydrogens is 454 g/mol. The molecule has 0 radical (unpaired) electrons. The molecule has 3 amide bonds. The predicted octanol–water partition coefficient (Wildman–Crippen LogP) is 5.24. The minimum Gasteiger partial charge on any atom is -0.467 e. The summed E-state index contributed by atoms with van der Waals surface area (Å²) in [6.07, 6.45) is 9.81. The largest absolute Gasteiger partial charge is 0.467 e. The summed E-state index contributed by atoms with van der Waals surface area (Å²) >= 11 is 5.94. The van der Waals surface area contributed by atoms with Crippen LogP contribution in [0.3, 0.4) is 0 Å². The Bertz CT molecular complexity index is 930. The quantitative estimate of drug-likeness (QED) is 0.362. The SMILES string of the molecule is CCCCCCCCCC(=O)N(CC(=O)N1CC(=O)N(c2ccc(Cl)cc2)C1)Cc1ccco1. The van der Waals surface area contributed by atoms with E-state index in [4.69, 9.17) is 16.0 Å². The van der Waals surface area contributed by atoms with Crippen LogP contribution in [-0.4, -0.2) is 47.3 Å². The van der Waals surface area contributed by atoms with Crippen molar-refractivity contribution in [2.45, 2.75) is 64.8 Å². The number of furan rings is 1. The summed E-state index contributed by atoms with van der Waals surface area (Å²) in [7, 11) is 0. The van der Waals surface area contributed by atoms with E-state index in [-0.39, 0.29) is 44.0 Å². The van der Waals surface area contributed by atoms with Crippen molar-refractivity contribution in [2.75, 3.05) is 24.7 Å². The summed E-state index contributed by atoms with van der Waals surface area (Å²) in [4.78, 5) is 43.1. The summed E-state index contributed by atoms with van der Waals surface area (Å²) in [5, 5.41) is 0.580. The van der Waals surface area contributed by atoms with Gasteiger partial charge in [-0.2, -0.15) is 0 Å². The van der Waals surface area contributed by atoms with E-state index in [2.05, 4.69) is 6.92 Å². The van der Waals surface area contributed by atoms with Gasteiger partial charge in [-0.3, -0.25) is 19.3 Å². The number of benzene rings is 1. The molecule has 0 unspecified atom stereocenters. The lowest BCUT2D eigenvalue weighted by Gasteiger charge is -2.24. The van der Waals surface area contributed by atoms with E-state index in [1.165, 1.54) is 35.5 Å². The van der Waals surface area contributed by atoms with Gasteiger partial charge in [0.25, 0.3) is 0 Å². The van der Waals surface area contributed by atoms with Crippen LogP contribution in [0.2, 0.25) is 5.02 Å². The number of unbranched alkanes of at least 4 members (excludes halogenated alkanes) is 6. The number of nitrogens with zero attached hydrogens (tertiary/aromatic N) is 3. The van der Waals surface area contributed by atoms with Crippen LogP contribution >= 0.6 is 11.6 Å². The van der Waals surface area contributed by atoms with E-state index < -0.39 is 0 Å². The lowest BCUT2D eigenvalue weighted by Crippen LogP contribution is -2.42. The van der Waals surface area contributed by atoms with E-state index in [9.17, 15) is 14.4 Å². The maximum absolute atomic E-state index is 13.0. The third-order valence-corrected chi connectivity index (χ3v) is 6.28. The molecule has 1 fully saturated rings. The predicted molar refractivity (Wildman–Crippen MR) is 132 cm³/mol. The van der Waals surface area contributed by atoms with Crippen molar-refractivity contribution in [3.8, 4) is 0 Å². The maximum Gasteiger partial charge on any atom is 0.248 e. The van der Waals surface area contributed by atoms with Gasteiger partial charge in [0.05, 0.1) is 12.8 Å². The molecule has 7 nitrogen and oxygen atoms in total. The topological polar surface area (TPSA) is 74.1 Å². The molecule has 1 aromatic carbocycles. The summed E-state index contributed by atoms with van der Waals surface area (Å²) < 4.78 is 5.41. The molecule has 3 rings (SSSR count). The molecule has 34 heavy (non-hydrogen) atoms. The van der Waals surface area contributed by atoms with E-state index in [1.54, 1.807) is 47.6 Å². The first kappa shape index (κ1) is 25.8. The number of anilines is 1. The molecule has 8 heteroatoms. The van der Waals surface area contributed by atoms with E-state index in [1.807, 2.05) is 0 Å². The van der Waals surface area contributed by atoms with E-state index >= 15 is 0 Å². The smallest absolute Gasteiger partial charge is 0.248 e. The Labute approximate surface area is 206 Å². The van der Waals surface area contributed by atoms with Crippen molar-refractivity contribution >= 4 is 35.0 Å². The number of halogens is 1. The van der Waals surface area contributed by atoms with Gasteiger partial charge in [-0.15, -0.1) is 0 Å². The van der Waals surface area contributed by atoms with Crippen molar-refractivity contribution in [1.29, 1.82) is 0 Å². The van der Waals surface area contributed by atoms with Gasteiger partial charge < -0.3 is 14.2 Å². The van der Waals surface area contributed by atoms with Gasteiger partial charge in [0.15, 0.2) is 0 Å². The highest BCUT2D eigenvalue weighted by molar-refractivity contribution is 6.30. The lowest BCUT2D eigenvalue weighted by atomic mass is 10.1. The highest BCUT2D eigenvalue weighted by Gasteiger charge is 2.33. The molecule has 0 bridgehead atoms. The first-order chi connectivity index (χ1) is 16.5. The minimum absolute atomic E-state index is 0.0119. The molecule has 1 saturated heterocycles. The first-order valence-corrected chi connectivity index (χ1v) is 12.5. The highest BCUT2D eigenvalue weighted by Crippen LogP contribution is 2.22. The van der Waals surface area contributed by atoms with Gasteiger partial charge in [0.1, 0.15) is 25.5 Å². The Balaban J connectivity index is 1.55. The van der Waals surface area contributed by atoms with Crippen molar-refractivity contribution in [2.24, 2.45) is 0 Å². The highest BCUT2D eigenvalue weighted by atomic mass is 35.5. The normalized spacial score (nSPS) is 13.5. The number of rotatable bonds is 13. The molecule has 0 aliphatic carbocycles. The fourth-order valence-electron chi connectivity index (χ4n) is 4.04. The number of amides is 3. The van der Waals surface area contributed by atoms with Crippen molar-refractivity contribution in [3.05, 3.63) is 53.4 Å². The maximum atomic E-state index is 13.0. The Morgan fingerprint density at radius 2 is 1.74 bits per heavy atom. The number of carbonyl (C=O) groups excluding carboxylic acids is 3. The molecule has 2 aromatic rings. The average molecular weight is 488 g/mol. The second-order valence-electron chi connectivity index (χ2n) is 8.73. The third kappa shape index (κ3) is 7.62. The zero-order valence-electron chi connectivity index (χ0n) is 19.9. The molecule has 0 saturated carbocycles. The number of carbonyl (C=O) groups is 3. The van der Waals surface area contributed by atoms with Crippen LogP contribution < -0.4 is 4.90 Å². The Hall–Kier alpha value is -2.80. The molecule has 1 aliphatic rings. The van der Waals surface area contributed by atoms with Crippen molar-refractivity contribution in [1.82, 2.24) is 9.80 Å². The summed E-state index contributed by atoms with van der Waals surface area (Å²) in [6, 6.07) is 10.5. The standard InChI is InChI=1S/C26H34ClN3O4/c1-2-3-4-5-6-7-8-11-24(31)28(17-23-10-9-16-34-23)18-25(32)29-19-26(33)30(20-29)22-14-12-21(27)13-15-22/h9-10,12-16H,2-8,11,17-20H2,1H3. The van der Waals surface area contributed by atoms with Crippen molar-refractivity contribution in [3.63, 3.8) is 0 Å². The molecule has 0 N–H and O–H groups in total. The van der Waals surface area contributed by atoms with Crippen molar-refractivity contribution < 1.29 is 18.8 Å². The van der Waals surface area contributed by atoms with Crippen LogP contribution in [0.15, 0.2) is 47.1 Å². The van der Waals surface area contributed by atoms with Crippen LogP contribution in [-0.2, 0) is 20.9 Å². The molecule has 1 aromatic heterocycles. The second kappa shape index (κ2) is 13.2. The molecule has 0 atom stereocenters. The minimum atomic E-state index is -0.260. The fourth-order valence-corrected chi connectivity index (χ4v) is 4.17. The Morgan fingerprint density at radius 1 is 1.03 bits per heavy atom. The molecule has 0 spiro atoms. The van der Waals surface area contributed by atoms with Crippen LogP contribution in [0.5, 0.6) is 0 Å². The van der Waals surface area contributed by atoms with Gasteiger partial charge in [0.2, 0.25) is 17.7 Å². The van der Waals surface area contributed by atoms with E-state index in [0.29, 0.717) is 22.9 Å². The zero-order valence-corrected chi connectivity index (χ0v) is 20.6. The average Bonchev–Trinajstić information content (AvgIpc) is 3.48. The Kier molecular flexibility index (Phi) is 10.0. The first-order valence-electron chi connectivity index (χ1n) is 12.1. The Morgan fingerprint density at radius 3 is 2.41 bits per heavy atom. The van der Waals surface area contributed by atoms with Gasteiger partial charge in [-0.25, -0.2) is 0 Å². The third-order valence-electron chi connectivity index (χ3n) is 6.03. The molecule has 2 heterocycles. The van der Waals surface area contributed by atoms with Crippen LogP contribution in [0, 0.1) is 0 Å². The van der Waals surface area contributed by atoms with Crippen LogP contribution in [0.1, 0.15) is 64.1 Å². The number of hydrogen-bond donors (Lipinski definition) is 0. The summed E-state index contributed by atoms with van der Waals surface area (Å²) in [5.41, 5.74) is 0.687. The van der Waals surface area contributed by atoms with Gasteiger partial charge in [-0.1, -0.05) is 57.0 Å². The second-order valence-corrected chi connectivity index (χ2v) is 9.17. The van der Waals surface area contributed by atoms with E-state index in [0.717, 1.165) is 19.3 Å².